The molecule has 8 heteroatoms. The summed E-state index contributed by atoms with van der Waals surface area (Å²) >= 11 is 0. The van der Waals surface area contributed by atoms with Gasteiger partial charge in [-0.1, -0.05) is 0 Å². The van der Waals surface area contributed by atoms with E-state index in [1.54, 1.807) is 11.6 Å². The fourth-order valence-corrected chi connectivity index (χ4v) is 3.41. The zero-order chi connectivity index (χ0) is 19.0. The lowest BCUT2D eigenvalue weighted by Gasteiger charge is -2.13. The first-order chi connectivity index (χ1) is 13.1. The topological polar surface area (TPSA) is 90.9 Å². The molecule has 0 amide bonds. The van der Waals surface area contributed by atoms with Crippen LogP contribution in [0.5, 0.6) is 0 Å². The van der Waals surface area contributed by atoms with Gasteiger partial charge < -0.3 is 14.6 Å². The summed E-state index contributed by atoms with van der Waals surface area (Å²) in [5.41, 5.74) is 4.21. The van der Waals surface area contributed by atoms with Gasteiger partial charge in [0.25, 0.3) is 0 Å². The molecule has 0 radical (unpaired) electrons. The Morgan fingerprint density at radius 2 is 2.15 bits per heavy atom. The van der Waals surface area contributed by atoms with Crippen molar-refractivity contribution < 1.29 is 19.4 Å². The van der Waals surface area contributed by atoms with E-state index < -0.39 is 12.1 Å². The van der Waals surface area contributed by atoms with Crippen molar-refractivity contribution in [3.05, 3.63) is 42.0 Å². The first-order valence-corrected chi connectivity index (χ1v) is 8.91. The molecule has 0 spiro atoms. The number of nitrogens with zero attached hydrogens (tertiary/aromatic N) is 4. The van der Waals surface area contributed by atoms with Crippen LogP contribution in [0.2, 0.25) is 0 Å². The number of fused-ring (bicyclic) bond motifs is 1. The molecule has 1 aliphatic carbocycles. The highest BCUT2D eigenvalue weighted by molar-refractivity contribution is 5.97. The summed E-state index contributed by atoms with van der Waals surface area (Å²) in [6, 6.07) is 3.89. The van der Waals surface area contributed by atoms with E-state index in [1.807, 2.05) is 29.2 Å². The lowest BCUT2D eigenvalue weighted by molar-refractivity contribution is 0.0508. The molecule has 0 unspecified atom stereocenters. The summed E-state index contributed by atoms with van der Waals surface area (Å²) in [6.07, 6.45) is 6.78. The third-order valence-electron chi connectivity index (χ3n) is 4.82. The minimum absolute atomic E-state index is 0.267. The molecular weight excluding hydrogens is 348 g/mol. The highest BCUT2D eigenvalue weighted by atomic mass is 16.5. The van der Waals surface area contributed by atoms with Gasteiger partial charge in [-0.2, -0.15) is 10.2 Å². The number of hydrogen-bond acceptors (Lipinski definition) is 6. The Labute approximate surface area is 156 Å². The molecule has 27 heavy (non-hydrogen) atoms. The fraction of sp³-hybridized carbons (Fsp3) is 0.421. The third-order valence-corrected chi connectivity index (χ3v) is 4.82. The van der Waals surface area contributed by atoms with Gasteiger partial charge in [0.1, 0.15) is 5.56 Å². The second kappa shape index (κ2) is 7.13. The van der Waals surface area contributed by atoms with Crippen molar-refractivity contribution in [2.75, 3.05) is 20.8 Å². The molecule has 3 heterocycles. The first kappa shape index (κ1) is 17.7. The van der Waals surface area contributed by atoms with Crippen LogP contribution in [0.3, 0.4) is 0 Å². The molecular formula is C19H22N4O4. The number of methoxy groups -OCH3 is 2. The van der Waals surface area contributed by atoms with E-state index in [-0.39, 0.29) is 6.61 Å². The Bertz CT molecular complexity index is 973. The number of carbonyl (C=O) groups is 1. The van der Waals surface area contributed by atoms with E-state index in [9.17, 15) is 9.90 Å². The van der Waals surface area contributed by atoms with E-state index in [0.29, 0.717) is 23.5 Å². The zero-order valence-electron chi connectivity index (χ0n) is 15.3. The van der Waals surface area contributed by atoms with Crippen LogP contribution in [0.4, 0.5) is 0 Å². The van der Waals surface area contributed by atoms with Crippen LogP contribution in [0, 0.1) is 0 Å². The minimum Gasteiger partial charge on any atom is -0.465 e. The van der Waals surface area contributed by atoms with Gasteiger partial charge >= 0.3 is 5.97 Å². The molecule has 0 saturated heterocycles. The molecule has 1 aliphatic rings. The van der Waals surface area contributed by atoms with Crippen molar-refractivity contribution in [3.63, 3.8) is 0 Å². The van der Waals surface area contributed by atoms with Crippen LogP contribution in [-0.2, 0) is 16.0 Å². The number of ether oxygens (including phenoxy) is 2. The van der Waals surface area contributed by atoms with Crippen LogP contribution < -0.4 is 0 Å². The average molecular weight is 370 g/mol. The molecule has 1 saturated carbocycles. The number of esters is 1. The van der Waals surface area contributed by atoms with Crippen molar-refractivity contribution in [2.24, 2.45) is 0 Å². The van der Waals surface area contributed by atoms with Crippen LogP contribution in [0.1, 0.15) is 34.8 Å². The highest BCUT2D eigenvalue weighted by Crippen LogP contribution is 2.44. The lowest BCUT2D eigenvalue weighted by Crippen LogP contribution is -2.23. The highest BCUT2D eigenvalue weighted by Gasteiger charge is 2.31. The molecule has 3 aromatic rings. The quantitative estimate of drug-likeness (QED) is 0.639. The molecule has 0 aromatic carbocycles. The third kappa shape index (κ3) is 3.33. The molecule has 1 N–H and O–H groups in total. The van der Waals surface area contributed by atoms with Gasteiger partial charge in [-0.15, -0.1) is 0 Å². The van der Waals surface area contributed by atoms with Gasteiger partial charge in [0.2, 0.25) is 0 Å². The van der Waals surface area contributed by atoms with Gasteiger partial charge in [0, 0.05) is 30.5 Å². The minimum atomic E-state index is -0.608. The van der Waals surface area contributed by atoms with Gasteiger partial charge in [-0.25, -0.2) is 9.31 Å². The molecule has 3 aromatic heterocycles. The maximum absolute atomic E-state index is 12.0. The van der Waals surface area contributed by atoms with Gasteiger partial charge in [0.15, 0.2) is 0 Å². The van der Waals surface area contributed by atoms with E-state index in [4.69, 9.17) is 9.47 Å². The van der Waals surface area contributed by atoms with Crippen molar-refractivity contribution in [1.82, 2.24) is 19.4 Å². The fourth-order valence-electron chi connectivity index (χ4n) is 3.41. The van der Waals surface area contributed by atoms with Crippen molar-refractivity contribution >= 4 is 11.5 Å². The predicted molar refractivity (Wildman–Crippen MR) is 97.6 cm³/mol. The van der Waals surface area contributed by atoms with Crippen LogP contribution in [0.15, 0.2) is 30.7 Å². The maximum Gasteiger partial charge on any atom is 0.341 e. The number of aliphatic hydroxyl groups is 1. The van der Waals surface area contributed by atoms with Gasteiger partial charge in [-0.3, -0.25) is 4.68 Å². The van der Waals surface area contributed by atoms with Crippen molar-refractivity contribution in [3.8, 4) is 11.1 Å². The monoisotopic (exact) mass is 370 g/mol. The van der Waals surface area contributed by atoms with Crippen LogP contribution in [0.25, 0.3) is 16.6 Å². The number of carbonyl (C=O) groups excluding carboxylic acids is 1. The summed E-state index contributed by atoms with van der Waals surface area (Å²) in [4.78, 5) is 12.0. The summed E-state index contributed by atoms with van der Waals surface area (Å²) in [5, 5.41) is 18.8. The Morgan fingerprint density at radius 3 is 2.85 bits per heavy atom. The Kier molecular flexibility index (Phi) is 4.67. The largest absolute Gasteiger partial charge is 0.465 e. The normalized spacial score (nSPS) is 15.2. The maximum atomic E-state index is 12.0. The summed E-state index contributed by atoms with van der Waals surface area (Å²) in [5.74, 6) is 0.0291. The average Bonchev–Trinajstić information content (AvgIpc) is 3.28. The summed E-state index contributed by atoms with van der Waals surface area (Å²) in [7, 11) is 2.93. The zero-order valence-corrected chi connectivity index (χ0v) is 15.3. The Balaban J connectivity index is 1.74. The molecule has 1 fully saturated rings. The summed E-state index contributed by atoms with van der Waals surface area (Å²) in [6.45, 7) is 0.658. The molecule has 0 aliphatic heterocycles. The van der Waals surface area contributed by atoms with Crippen LogP contribution >= 0.6 is 0 Å². The summed E-state index contributed by atoms with van der Waals surface area (Å²) < 4.78 is 13.4. The Hall–Kier alpha value is -2.71. The number of aliphatic hydroxyl groups excluding tert-OH is 1. The van der Waals surface area contributed by atoms with E-state index in [1.165, 1.54) is 13.3 Å². The molecule has 0 bridgehead atoms. The second-order valence-corrected chi connectivity index (χ2v) is 6.80. The van der Waals surface area contributed by atoms with E-state index in [0.717, 1.165) is 29.7 Å². The van der Waals surface area contributed by atoms with E-state index in [2.05, 4.69) is 10.2 Å². The van der Waals surface area contributed by atoms with Crippen molar-refractivity contribution in [2.45, 2.75) is 31.4 Å². The number of pyridine rings is 1. The standard InChI is InChI=1S/C19H22N4O4/c1-26-11-14(24)10-23-18(12-3-4-12)15(8-21-23)13-5-6-22-17(7-13)16(9-20-22)19(25)27-2/h5-9,12,14,24H,3-4,10-11H2,1-2H3/t14-/m0/s1. The molecule has 142 valence electrons. The van der Waals surface area contributed by atoms with E-state index >= 15 is 0 Å². The predicted octanol–water partition coefficient (Wildman–Crippen LogP) is 1.87. The Morgan fingerprint density at radius 1 is 1.33 bits per heavy atom. The van der Waals surface area contributed by atoms with Gasteiger partial charge in [-0.05, 0) is 30.5 Å². The number of aromatic nitrogens is 4. The first-order valence-electron chi connectivity index (χ1n) is 8.91. The SMILES string of the molecule is COC[C@@H](O)Cn1ncc(-c2ccn3ncc(C(=O)OC)c3c2)c1C1CC1. The lowest BCUT2D eigenvalue weighted by atomic mass is 10.0. The molecule has 8 nitrogen and oxygen atoms in total. The van der Waals surface area contributed by atoms with Crippen LogP contribution in [-0.4, -0.2) is 57.4 Å². The molecule has 1 atom stereocenters. The van der Waals surface area contributed by atoms with Crippen molar-refractivity contribution in [1.29, 1.82) is 0 Å². The second-order valence-electron chi connectivity index (χ2n) is 6.80. The smallest absolute Gasteiger partial charge is 0.341 e. The number of hydrogen-bond donors (Lipinski definition) is 1. The van der Waals surface area contributed by atoms with Gasteiger partial charge in [0.05, 0.1) is 44.3 Å². The molecule has 4 rings (SSSR count). The number of rotatable bonds is 7.